The summed E-state index contributed by atoms with van der Waals surface area (Å²) in [5.41, 5.74) is -0.683. The van der Waals surface area contributed by atoms with Crippen molar-refractivity contribution in [3.8, 4) is 11.5 Å². The van der Waals surface area contributed by atoms with E-state index in [4.69, 9.17) is 9.47 Å². The van der Waals surface area contributed by atoms with Crippen LogP contribution in [0, 0.1) is 0 Å². The molecule has 3 rings (SSSR count). The predicted molar refractivity (Wildman–Crippen MR) is 115 cm³/mol. The maximum atomic E-state index is 12.8. The number of benzene rings is 1. The molecule has 0 aliphatic rings. The number of aryl methyl sites for hydroxylation is 1. The number of aromatic nitrogens is 4. The number of aliphatic hydroxyl groups excluding tert-OH is 2. The maximum Gasteiger partial charge on any atom is 0.332 e. The highest BCUT2D eigenvalue weighted by Crippen LogP contribution is 2.19. The second-order valence-electron chi connectivity index (χ2n) is 7.29. The highest BCUT2D eigenvalue weighted by Gasteiger charge is 2.21. The van der Waals surface area contributed by atoms with Crippen molar-refractivity contribution in [1.82, 2.24) is 18.7 Å². The molecule has 0 fully saturated rings. The summed E-state index contributed by atoms with van der Waals surface area (Å²) >= 11 is 0. The molecular formula is C20H27N5O6. The van der Waals surface area contributed by atoms with E-state index in [-0.39, 0.29) is 36.8 Å². The number of imidazole rings is 1. The highest BCUT2D eigenvalue weighted by molar-refractivity contribution is 5.74. The first-order chi connectivity index (χ1) is 14.7. The van der Waals surface area contributed by atoms with E-state index in [0.717, 1.165) is 4.57 Å². The molecule has 3 aromatic rings. The predicted octanol–water partition coefficient (Wildman–Crippen LogP) is -0.325. The molecule has 0 unspecified atom stereocenters. The lowest BCUT2D eigenvalue weighted by atomic mass is 10.3. The molecule has 0 bridgehead atoms. The van der Waals surface area contributed by atoms with Gasteiger partial charge in [-0.05, 0) is 31.2 Å². The molecule has 1 aromatic carbocycles. The molecule has 0 radical (unpaired) electrons. The van der Waals surface area contributed by atoms with Crippen LogP contribution in [0.3, 0.4) is 0 Å². The third kappa shape index (κ3) is 4.72. The first-order valence-electron chi connectivity index (χ1n) is 9.76. The summed E-state index contributed by atoms with van der Waals surface area (Å²) in [5, 5.41) is 23.1. The molecule has 168 valence electrons. The van der Waals surface area contributed by atoms with Crippen LogP contribution in [0.2, 0.25) is 0 Å². The van der Waals surface area contributed by atoms with E-state index in [1.165, 1.54) is 23.2 Å². The van der Waals surface area contributed by atoms with Gasteiger partial charge in [0.2, 0.25) is 5.95 Å². The SMILES string of the molecule is COc1ccc(OC[C@@H](O)Cn2c(NC[C@@H](C)O)nc3c2c(=O)n(C)c(=O)n3C)cc1. The zero-order valence-corrected chi connectivity index (χ0v) is 17.9. The number of nitrogens with zero attached hydrogens (tertiary/aromatic N) is 4. The van der Waals surface area contributed by atoms with Crippen LogP contribution in [0.1, 0.15) is 6.92 Å². The monoisotopic (exact) mass is 433 g/mol. The van der Waals surface area contributed by atoms with Crippen LogP contribution < -0.4 is 26.0 Å². The Balaban J connectivity index is 1.90. The molecule has 2 heterocycles. The van der Waals surface area contributed by atoms with Gasteiger partial charge >= 0.3 is 5.69 Å². The zero-order chi connectivity index (χ0) is 22.7. The zero-order valence-electron chi connectivity index (χ0n) is 17.9. The molecule has 0 aliphatic carbocycles. The van der Waals surface area contributed by atoms with Gasteiger partial charge in [0.05, 0.1) is 19.8 Å². The highest BCUT2D eigenvalue weighted by atomic mass is 16.5. The van der Waals surface area contributed by atoms with E-state index in [1.807, 2.05) is 0 Å². The van der Waals surface area contributed by atoms with E-state index in [9.17, 15) is 19.8 Å². The van der Waals surface area contributed by atoms with Gasteiger partial charge in [-0.1, -0.05) is 0 Å². The number of ether oxygens (including phenoxy) is 2. The summed E-state index contributed by atoms with van der Waals surface area (Å²) in [6, 6.07) is 6.93. The van der Waals surface area contributed by atoms with Crippen molar-refractivity contribution in [3.05, 3.63) is 45.1 Å². The summed E-state index contributed by atoms with van der Waals surface area (Å²) in [6.07, 6.45) is -1.64. The molecular weight excluding hydrogens is 406 g/mol. The first-order valence-corrected chi connectivity index (χ1v) is 9.76. The molecule has 0 saturated carbocycles. The van der Waals surface area contributed by atoms with Gasteiger partial charge in [-0.3, -0.25) is 13.9 Å². The second-order valence-corrected chi connectivity index (χ2v) is 7.29. The Hall–Kier alpha value is -3.31. The molecule has 3 N–H and O–H groups in total. The fourth-order valence-corrected chi connectivity index (χ4v) is 3.13. The fraction of sp³-hybridized carbons (Fsp3) is 0.450. The van der Waals surface area contributed by atoms with Crippen molar-refractivity contribution in [1.29, 1.82) is 0 Å². The van der Waals surface area contributed by atoms with Crippen molar-refractivity contribution in [2.45, 2.75) is 25.7 Å². The Labute approximate surface area is 178 Å². The minimum atomic E-state index is -0.978. The summed E-state index contributed by atoms with van der Waals surface area (Å²) in [5.74, 6) is 1.51. The van der Waals surface area contributed by atoms with Gasteiger partial charge in [0.1, 0.15) is 24.2 Å². The van der Waals surface area contributed by atoms with E-state index < -0.39 is 23.5 Å². The Bertz CT molecular complexity index is 1160. The number of fused-ring (bicyclic) bond motifs is 1. The van der Waals surface area contributed by atoms with Gasteiger partial charge in [-0.2, -0.15) is 4.98 Å². The average molecular weight is 433 g/mol. The van der Waals surface area contributed by atoms with Gasteiger partial charge in [-0.15, -0.1) is 0 Å². The van der Waals surface area contributed by atoms with Crippen molar-refractivity contribution in [2.24, 2.45) is 14.1 Å². The van der Waals surface area contributed by atoms with Crippen LogP contribution in [-0.2, 0) is 20.6 Å². The van der Waals surface area contributed by atoms with Crippen LogP contribution in [0.4, 0.5) is 5.95 Å². The van der Waals surface area contributed by atoms with E-state index in [0.29, 0.717) is 11.5 Å². The van der Waals surface area contributed by atoms with E-state index in [1.54, 1.807) is 38.3 Å². The molecule has 0 saturated heterocycles. The minimum absolute atomic E-state index is 0.0117. The molecule has 2 atom stereocenters. The largest absolute Gasteiger partial charge is 0.497 e. The van der Waals surface area contributed by atoms with Crippen LogP contribution >= 0.6 is 0 Å². The molecule has 2 aromatic heterocycles. The van der Waals surface area contributed by atoms with Crippen molar-refractivity contribution < 1.29 is 19.7 Å². The molecule has 31 heavy (non-hydrogen) atoms. The summed E-state index contributed by atoms with van der Waals surface area (Å²) in [4.78, 5) is 29.4. The minimum Gasteiger partial charge on any atom is -0.497 e. The van der Waals surface area contributed by atoms with Crippen LogP contribution in [0.5, 0.6) is 11.5 Å². The molecule has 11 nitrogen and oxygen atoms in total. The number of anilines is 1. The standard InChI is InChI=1S/C20H27N5O6/c1-12(26)9-21-19-22-17-16(18(28)24(3)20(29)23(17)2)25(19)10-13(27)11-31-15-7-5-14(30-4)6-8-15/h5-8,12-13,26-27H,9-11H2,1-4H3,(H,21,22)/t12-,13+/m1/s1. The van der Waals surface area contributed by atoms with E-state index >= 15 is 0 Å². The Morgan fingerprint density at radius 1 is 1.10 bits per heavy atom. The van der Waals surface area contributed by atoms with Gasteiger partial charge in [0, 0.05) is 20.6 Å². The van der Waals surface area contributed by atoms with Crippen molar-refractivity contribution in [2.75, 3.05) is 25.6 Å². The Morgan fingerprint density at radius 2 is 1.74 bits per heavy atom. The number of hydrogen-bond acceptors (Lipinski definition) is 8. The quantitative estimate of drug-likeness (QED) is 0.418. The number of rotatable bonds is 9. The molecule has 0 amide bonds. The lowest BCUT2D eigenvalue weighted by molar-refractivity contribution is 0.0937. The first kappa shape index (κ1) is 22.4. The molecule has 11 heteroatoms. The number of methoxy groups -OCH3 is 1. The number of nitrogens with one attached hydrogen (secondary N) is 1. The van der Waals surface area contributed by atoms with Crippen molar-refractivity contribution in [3.63, 3.8) is 0 Å². The average Bonchev–Trinajstić information content (AvgIpc) is 3.11. The smallest absolute Gasteiger partial charge is 0.332 e. The van der Waals surface area contributed by atoms with Gasteiger partial charge in [0.25, 0.3) is 5.56 Å². The second kappa shape index (κ2) is 9.23. The van der Waals surface area contributed by atoms with Crippen LogP contribution in [-0.4, -0.2) is 61.4 Å². The maximum absolute atomic E-state index is 12.8. The Kier molecular flexibility index (Phi) is 6.66. The number of aliphatic hydroxyl groups is 2. The van der Waals surface area contributed by atoms with Gasteiger partial charge in [0.15, 0.2) is 11.2 Å². The third-order valence-corrected chi connectivity index (χ3v) is 4.80. The Morgan fingerprint density at radius 3 is 2.35 bits per heavy atom. The summed E-state index contributed by atoms with van der Waals surface area (Å²) < 4.78 is 14.5. The molecule has 0 spiro atoms. The lowest BCUT2D eigenvalue weighted by Crippen LogP contribution is -2.38. The van der Waals surface area contributed by atoms with E-state index in [2.05, 4.69) is 10.3 Å². The third-order valence-electron chi connectivity index (χ3n) is 4.80. The van der Waals surface area contributed by atoms with Crippen LogP contribution in [0.15, 0.2) is 33.9 Å². The van der Waals surface area contributed by atoms with Gasteiger partial charge in [-0.25, -0.2) is 4.79 Å². The molecule has 0 aliphatic heterocycles. The fourth-order valence-electron chi connectivity index (χ4n) is 3.13. The normalized spacial score (nSPS) is 13.2. The summed E-state index contributed by atoms with van der Waals surface area (Å²) in [7, 11) is 4.47. The van der Waals surface area contributed by atoms with Crippen molar-refractivity contribution >= 4 is 17.1 Å². The lowest BCUT2D eigenvalue weighted by Gasteiger charge is -2.16. The van der Waals surface area contributed by atoms with Gasteiger partial charge < -0.3 is 29.6 Å². The van der Waals surface area contributed by atoms with Crippen LogP contribution in [0.25, 0.3) is 11.2 Å². The number of hydrogen-bond donors (Lipinski definition) is 3. The topological polar surface area (TPSA) is 133 Å². The summed E-state index contributed by atoms with van der Waals surface area (Å²) in [6.45, 7) is 1.73.